The molecule has 0 bridgehead atoms. The van der Waals surface area contributed by atoms with Gasteiger partial charge in [-0.2, -0.15) is 0 Å². The van der Waals surface area contributed by atoms with E-state index in [0.717, 1.165) is 36.0 Å². The van der Waals surface area contributed by atoms with E-state index in [1.54, 1.807) is 17.0 Å². The fourth-order valence-corrected chi connectivity index (χ4v) is 4.16. The highest BCUT2D eigenvalue weighted by Gasteiger charge is 2.32. The lowest BCUT2D eigenvalue weighted by atomic mass is 10.2. The molecule has 3 aromatic rings. The molecule has 0 unspecified atom stereocenters. The van der Waals surface area contributed by atoms with E-state index in [9.17, 15) is 13.2 Å². The number of para-hydroxylation sites is 2. The molecule has 1 atom stereocenters. The number of likely N-dealkylation sites (tertiary alicyclic amines) is 1. The Hall–Kier alpha value is -2.87. The van der Waals surface area contributed by atoms with Crippen LogP contribution in [0.15, 0.2) is 53.4 Å². The second kappa shape index (κ2) is 7.27. The number of aromatic nitrogens is 2. The number of nitrogens with one attached hydrogen (secondary N) is 1. The lowest BCUT2D eigenvalue weighted by Gasteiger charge is -2.23. The van der Waals surface area contributed by atoms with Crippen molar-refractivity contribution in [3.8, 4) is 5.75 Å². The molecule has 146 valence electrons. The second-order valence-electron chi connectivity index (χ2n) is 6.92. The molecule has 0 aliphatic carbocycles. The molecule has 0 radical (unpaired) electrons. The number of sulfone groups is 1. The highest BCUT2D eigenvalue weighted by molar-refractivity contribution is 7.90. The molecule has 1 aliphatic heterocycles. The van der Waals surface area contributed by atoms with Gasteiger partial charge in [0.25, 0.3) is 5.91 Å². The standard InChI is InChI=1S/C20H21N3O4S/c1-28(25,26)15-7-4-6-14(12-15)27-13-19(24)23-11-5-10-18(23)20-21-16-8-2-3-9-17(16)22-20/h2-4,6-9,12,18H,5,10-11,13H2,1H3,(H,21,22)/t18-/m0/s1. The number of amides is 1. The predicted octanol–water partition coefficient (Wildman–Crippen LogP) is 2.71. The molecule has 1 N–H and O–H groups in total. The number of carbonyl (C=O) groups excluding carboxylic acids is 1. The van der Waals surface area contributed by atoms with Crippen LogP contribution in [0.4, 0.5) is 0 Å². The zero-order valence-electron chi connectivity index (χ0n) is 15.5. The first-order chi connectivity index (χ1) is 13.4. The van der Waals surface area contributed by atoms with Gasteiger partial charge in [-0.15, -0.1) is 0 Å². The normalized spacial score (nSPS) is 17.2. The number of nitrogens with zero attached hydrogens (tertiary/aromatic N) is 2. The Balaban J connectivity index is 1.47. The van der Waals surface area contributed by atoms with E-state index in [1.165, 1.54) is 12.1 Å². The average molecular weight is 399 g/mol. The number of fused-ring (bicyclic) bond motifs is 1. The molecular formula is C20H21N3O4S. The summed E-state index contributed by atoms with van der Waals surface area (Å²) in [5, 5.41) is 0. The van der Waals surface area contributed by atoms with Crippen molar-refractivity contribution < 1.29 is 17.9 Å². The monoisotopic (exact) mass is 399 g/mol. The smallest absolute Gasteiger partial charge is 0.261 e. The summed E-state index contributed by atoms with van der Waals surface area (Å²) in [5.41, 5.74) is 1.83. The molecule has 4 rings (SSSR count). The van der Waals surface area contributed by atoms with E-state index < -0.39 is 9.84 Å². The Morgan fingerprint density at radius 3 is 2.86 bits per heavy atom. The topological polar surface area (TPSA) is 92.4 Å². The van der Waals surface area contributed by atoms with Crippen molar-refractivity contribution >= 4 is 26.8 Å². The van der Waals surface area contributed by atoms with Gasteiger partial charge in [0.05, 0.1) is 22.0 Å². The highest BCUT2D eigenvalue weighted by Crippen LogP contribution is 2.31. The number of hydrogen-bond donors (Lipinski definition) is 1. The fraction of sp³-hybridized carbons (Fsp3) is 0.300. The maximum atomic E-state index is 12.7. The molecule has 2 heterocycles. The minimum Gasteiger partial charge on any atom is -0.484 e. The van der Waals surface area contributed by atoms with Gasteiger partial charge >= 0.3 is 0 Å². The molecule has 1 fully saturated rings. The Kier molecular flexibility index (Phi) is 4.80. The number of aromatic amines is 1. The van der Waals surface area contributed by atoms with Crippen LogP contribution < -0.4 is 4.74 Å². The van der Waals surface area contributed by atoms with E-state index in [0.29, 0.717) is 12.3 Å². The number of ether oxygens (including phenoxy) is 1. The first-order valence-electron chi connectivity index (χ1n) is 9.09. The first kappa shape index (κ1) is 18.5. The van der Waals surface area contributed by atoms with Crippen LogP contribution in [-0.2, 0) is 14.6 Å². The van der Waals surface area contributed by atoms with Gasteiger partial charge in [0.2, 0.25) is 0 Å². The van der Waals surface area contributed by atoms with Gasteiger partial charge in [0.15, 0.2) is 16.4 Å². The molecule has 1 aliphatic rings. The minimum absolute atomic E-state index is 0.106. The van der Waals surface area contributed by atoms with Gasteiger partial charge in [-0.25, -0.2) is 13.4 Å². The van der Waals surface area contributed by atoms with Crippen molar-refractivity contribution in [3.63, 3.8) is 0 Å². The number of hydrogen-bond acceptors (Lipinski definition) is 5. The number of benzene rings is 2. The fourth-order valence-electron chi connectivity index (χ4n) is 3.50. The number of rotatable bonds is 5. The van der Waals surface area contributed by atoms with Crippen molar-refractivity contribution in [2.75, 3.05) is 19.4 Å². The second-order valence-corrected chi connectivity index (χ2v) is 8.94. The van der Waals surface area contributed by atoms with E-state index in [1.807, 2.05) is 24.3 Å². The van der Waals surface area contributed by atoms with Gasteiger partial charge < -0.3 is 14.6 Å². The Morgan fingerprint density at radius 1 is 1.25 bits per heavy atom. The van der Waals surface area contributed by atoms with Gasteiger partial charge in [0, 0.05) is 12.8 Å². The van der Waals surface area contributed by atoms with Crippen LogP contribution in [0.5, 0.6) is 5.75 Å². The van der Waals surface area contributed by atoms with Crippen molar-refractivity contribution in [2.24, 2.45) is 0 Å². The largest absolute Gasteiger partial charge is 0.484 e. The van der Waals surface area contributed by atoms with Crippen molar-refractivity contribution in [1.29, 1.82) is 0 Å². The highest BCUT2D eigenvalue weighted by atomic mass is 32.2. The van der Waals surface area contributed by atoms with E-state index in [-0.39, 0.29) is 23.5 Å². The maximum Gasteiger partial charge on any atom is 0.261 e. The van der Waals surface area contributed by atoms with Crippen LogP contribution in [-0.4, -0.2) is 48.6 Å². The molecular weight excluding hydrogens is 378 g/mol. The van der Waals surface area contributed by atoms with Crippen LogP contribution in [0, 0.1) is 0 Å². The summed E-state index contributed by atoms with van der Waals surface area (Å²) in [7, 11) is -3.32. The van der Waals surface area contributed by atoms with Crippen molar-refractivity contribution in [2.45, 2.75) is 23.8 Å². The third-order valence-electron chi connectivity index (χ3n) is 4.89. The van der Waals surface area contributed by atoms with Crippen LogP contribution in [0.2, 0.25) is 0 Å². The quantitative estimate of drug-likeness (QED) is 0.712. The summed E-state index contributed by atoms with van der Waals surface area (Å²) in [5.74, 6) is 0.995. The average Bonchev–Trinajstić information content (AvgIpc) is 3.32. The lowest BCUT2D eigenvalue weighted by Crippen LogP contribution is -2.34. The third kappa shape index (κ3) is 3.73. The number of H-pyrrole nitrogens is 1. The summed E-state index contributed by atoms with van der Waals surface area (Å²) in [6, 6.07) is 13.9. The van der Waals surface area contributed by atoms with Crippen molar-refractivity contribution in [3.05, 3.63) is 54.4 Å². The van der Waals surface area contributed by atoms with Gasteiger partial charge in [-0.1, -0.05) is 18.2 Å². The number of carbonyl (C=O) groups is 1. The van der Waals surface area contributed by atoms with Crippen LogP contribution in [0.3, 0.4) is 0 Å². The van der Waals surface area contributed by atoms with Crippen LogP contribution >= 0.6 is 0 Å². The Bertz CT molecular complexity index is 1090. The summed E-state index contributed by atoms with van der Waals surface area (Å²) in [4.78, 5) is 22.6. The number of imidazole rings is 1. The summed E-state index contributed by atoms with van der Waals surface area (Å²) >= 11 is 0. The summed E-state index contributed by atoms with van der Waals surface area (Å²) in [6.07, 6.45) is 2.88. The minimum atomic E-state index is -3.32. The molecule has 7 nitrogen and oxygen atoms in total. The van der Waals surface area contributed by atoms with Crippen LogP contribution in [0.25, 0.3) is 11.0 Å². The molecule has 1 saturated heterocycles. The van der Waals surface area contributed by atoms with Gasteiger partial charge in [-0.3, -0.25) is 4.79 Å². The first-order valence-corrected chi connectivity index (χ1v) is 11.0. The maximum absolute atomic E-state index is 12.7. The predicted molar refractivity (Wildman–Crippen MR) is 105 cm³/mol. The lowest BCUT2D eigenvalue weighted by molar-refractivity contribution is -0.134. The molecule has 1 aromatic heterocycles. The molecule has 1 amide bonds. The third-order valence-corrected chi connectivity index (χ3v) is 6.00. The van der Waals surface area contributed by atoms with E-state index in [4.69, 9.17) is 4.74 Å². The molecule has 8 heteroatoms. The van der Waals surface area contributed by atoms with E-state index >= 15 is 0 Å². The zero-order chi connectivity index (χ0) is 19.7. The van der Waals surface area contributed by atoms with Crippen LogP contribution in [0.1, 0.15) is 24.7 Å². The molecule has 2 aromatic carbocycles. The van der Waals surface area contributed by atoms with Gasteiger partial charge in [-0.05, 0) is 43.2 Å². The Labute approximate surface area is 163 Å². The summed E-state index contributed by atoms with van der Waals surface area (Å²) < 4.78 is 28.9. The van der Waals surface area contributed by atoms with E-state index in [2.05, 4.69) is 9.97 Å². The van der Waals surface area contributed by atoms with Crippen molar-refractivity contribution in [1.82, 2.24) is 14.9 Å². The van der Waals surface area contributed by atoms with Gasteiger partial charge in [0.1, 0.15) is 11.6 Å². The summed E-state index contributed by atoms with van der Waals surface area (Å²) in [6.45, 7) is 0.497. The zero-order valence-corrected chi connectivity index (χ0v) is 16.3. The molecule has 0 saturated carbocycles. The molecule has 28 heavy (non-hydrogen) atoms. The SMILES string of the molecule is CS(=O)(=O)c1cccc(OCC(=O)N2CCC[C@H]2c2nc3ccccc3[nH]2)c1. The molecule has 0 spiro atoms. The Morgan fingerprint density at radius 2 is 2.07 bits per heavy atom.